The Labute approximate surface area is 136 Å². The monoisotopic (exact) mass is 323 g/mol. The van der Waals surface area contributed by atoms with Gasteiger partial charge in [0.05, 0.1) is 16.3 Å². The van der Waals surface area contributed by atoms with Gasteiger partial charge in [-0.15, -0.1) is 11.3 Å². The molecular weight excluding hydrogens is 310 g/mol. The van der Waals surface area contributed by atoms with Crippen molar-refractivity contribution in [1.29, 1.82) is 5.26 Å². The Kier molecular flexibility index (Phi) is 4.31. The van der Waals surface area contributed by atoms with E-state index >= 15 is 0 Å². The Hall–Kier alpha value is -2.78. The van der Waals surface area contributed by atoms with Gasteiger partial charge in [-0.3, -0.25) is 9.59 Å². The van der Waals surface area contributed by atoms with Crippen LogP contribution >= 0.6 is 11.3 Å². The van der Waals surface area contributed by atoms with Crippen molar-refractivity contribution in [2.75, 3.05) is 0 Å². The average Bonchev–Trinajstić information content (AvgIpc) is 2.98. The van der Waals surface area contributed by atoms with Gasteiger partial charge in [0.2, 0.25) is 0 Å². The minimum Gasteiger partial charge on any atom is -0.315 e. The molecule has 3 aromatic rings. The van der Waals surface area contributed by atoms with Crippen LogP contribution in [0.2, 0.25) is 0 Å². The number of aromatic nitrogens is 2. The Morgan fingerprint density at radius 2 is 2.04 bits per heavy atom. The second-order valence-electron chi connectivity index (χ2n) is 5.03. The third-order valence-electron chi connectivity index (χ3n) is 3.51. The van der Waals surface area contributed by atoms with Crippen molar-refractivity contribution in [3.63, 3.8) is 0 Å². The highest BCUT2D eigenvalue weighted by Gasteiger charge is 2.23. The molecule has 0 amide bonds. The van der Waals surface area contributed by atoms with Crippen molar-refractivity contribution < 1.29 is 4.79 Å². The molecule has 5 nitrogen and oxygen atoms in total. The quantitative estimate of drug-likeness (QED) is 0.723. The number of nitriles is 1. The van der Waals surface area contributed by atoms with Crippen LogP contribution in [-0.4, -0.2) is 15.3 Å². The second-order valence-corrected chi connectivity index (χ2v) is 6.09. The number of ketones is 1. The number of thiazole rings is 1. The minimum absolute atomic E-state index is 0.123. The zero-order chi connectivity index (χ0) is 16.2. The second kappa shape index (κ2) is 6.55. The molecule has 0 aliphatic rings. The number of pyridine rings is 1. The molecule has 3 rings (SSSR count). The molecule has 0 spiro atoms. The smallest absolute Gasteiger partial charge is 0.250 e. The summed E-state index contributed by atoms with van der Waals surface area (Å²) in [5, 5.41) is 9.87. The molecule has 0 saturated carbocycles. The number of aryl methyl sites for hydroxylation is 1. The molecular formula is C17H13N3O2S. The van der Waals surface area contributed by atoms with E-state index in [1.165, 1.54) is 22.0 Å². The fourth-order valence-electron chi connectivity index (χ4n) is 2.30. The molecule has 0 aliphatic carbocycles. The van der Waals surface area contributed by atoms with E-state index in [4.69, 9.17) is 0 Å². The van der Waals surface area contributed by atoms with Crippen molar-refractivity contribution >= 4 is 27.3 Å². The van der Waals surface area contributed by atoms with Crippen LogP contribution in [0.4, 0.5) is 0 Å². The summed E-state index contributed by atoms with van der Waals surface area (Å²) in [6.45, 7) is 0.265. The highest BCUT2D eigenvalue weighted by atomic mass is 32.1. The zero-order valence-corrected chi connectivity index (χ0v) is 13.0. The van der Waals surface area contributed by atoms with E-state index in [0.717, 1.165) is 10.2 Å². The Bertz CT molecular complexity index is 919. The van der Waals surface area contributed by atoms with Crippen LogP contribution in [0.5, 0.6) is 0 Å². The zero-order valence-electron chi connectivity index (χ0n) is 12.2. The molecule has 1 unspecified atom stereocenters. The maximum atomic E-state index is 12.4. The maximum absolute atomic E-state index is 12.4. The summed E-state index contributed by atoms with van der Waals surface area (Å²) < 4.78 is 2.42. The first-order chi connectivity index (χ1) is 11.2. The number of hydrogen-bond donors (Lipinski definition) is 0. The van der Waals surface area contributed by atoms with Crippen molar-refractivity contribution in [3.8, 4) is 6.07 Å². The number of benzene rings is 1. The fraction of sp³-hybridized carbons (Fsp3) is 0.176. The lowest BCUT2D eigenvalue weighted by Gasteiger charge is -2.06. The molecule has 2 heterocycles. The van der Waals surface area contributed by atoms with Crippen molar-refractivity contribution in [2.24, 2.45) is 0 Å². The lowest BCUT2D eigenvalue weighted by atomic mass is 10.0. The molecule has 0 N–H and O–H groups in total. The van der Waals surface area contributed by atoms with Crippen molar-refractivity contribution in [2.45, 2.75) is 18.9 Å². The van der Waals surface area contributed by atoms with Gasteiger partial charge in [-0.05, 0) is 18.2 Å². The van der Waals surface area contributed by atoms with Crippen LogP contribution in [0.1, 0.15) is 17.3 Å². The molecule has 23 heavy (non-hydrogen) atoms. The number of nitrogens with zero attached hydrogens (tertiary/aromatic N) is 3. The highest BCUT2D eigenvalue weighted by molar-refractivity contribution is 7.18. The molecule has 114 valence electrons. The summed E-state index contributed by atoms with van der Waals surface area (Å²) in [6.07, 6.45) is 1.76. The summed E-state index contributed by atoms with van der Waals surface area (Å²) >= 11 is 1.36. The third-order valence-corrected chi connectivity index (χ3v) is 4.61. The summed E-state index contributed by atoms with van der Waals surface area (Å²) in [5.41, 5.74) is 0.633. The first-order valence-electron chi connectivity index (χ1n) is 7.12. The van der Waals surface area contributed by atoms with Gasteiger partial charge in [-0.1, -0.05) is 18.2 Å². The predicted octanol–water partition coefficient (Wildman–Crippen LogP) is 2.72. The Morgan fingerprint density at radius 3 is 2.78 bits per heavy atom. The van der Waals surface area contributed by atoms with E-state index < -0.39 is 5.92 Å². The van der Waals surface area contributed by atoms with E-state index in [9.17, 15) is 14.9 Å². The van der Waals surface area contributed by atoms with Crippen LogP contribution in [0.3, 0.4) is 0 Å². The molecule has 0 bridgehead atoms. The van der Waals surface area contributed by atoms with E-state index in [-0.39, 0.29) is 24.3 Å². The number of hydrogen-bond acceptors (Lipinski definition) is 5. The number of para-hydroxylation sites is 1. The van der Waals surface area contributed by atoms with Gasteiger partial charge in [0.15, 0.2) is 11.7 Å². The SMILES string of the molecule is N#CC(C(=O)CCn1ccccc1=O)c1nc2ccccc2s1. The summed E-state index contributed by atoms with van der Waals surface area (Å²) in [7, 11) is 0. The standard InChI is InChI=1S/C17H13N3O2S/c18-11-12(17-19-13-5-1-2-6-15(13)23-17)14(21)8-10-20-9-4-3-7-16(20)22/h1-7,9,12H,8,10H2. The third kappa shape index (κ3) is 3.20. The van der Waals surface area contributed by atoms with Crippen LogP contribution in [-0.2, 0) is 11.3 Å². The molecule has 2 aromatic heterocycles. The first kappa shape index (κ1) is 15.1. The van der Waals surface area contributed by atoms with E-state index in [1.807, 2.05) is 30.3 Å². The van der Waals surface area contributed by atoms with Gasteiger partial charge in [-0.2, -0.15) is 5.26 Å². The maximum Gasteiger partial charge on any atom is 0.250 e. The number of fused-ring (bicyclic) bond motifs is 1. The number of rotatable bonds is 5. The van der Waals surface area contributed by atoms with Gasteiger partial charge in [0.25, 0.3) is 5.56 Å². The summed E-state index contributed by atoms with van der Waals surface area (Å²) in [4.78, 5) is 28.4. The molecule has 1 atom stereocenters. The molecule has 0 aliphatic heterocycles. The molecule has 0 saturated heterocycles. The van der Waals surface area contributed by atoms with Gasteiger partial charge in [0, 0.05) is 25.2 Å². The first-order valence-corrected chi connectivity index (χ1v) is 7.94. The summed E-state index contributed by atoms with van der Waals surface area (Å²) in [5.74, 6) is -1.10. The van der Waals surface area contributed by atoms with Gasteiger partial charge < -0.3 is 4.57 Å². The fourth-order valence-corrected chi connectivity index (χ4v) is 3.33. The summed E-state index contributed by atoms with van der Waals surface area (Å²) in [6, 6.07) is 14.4. The largest absolute Gasteiger partial charge is 0.315 e. The van der Waals surface area contributed by atoms with Crippen molar-refractivity contribution in [1.82, 2.24) is 9.55 Å². The van der Waals surface area contributed by atoms with E-state index in [2.05, 4.69) is 4.98 Å². The van der Waals surface area contributed by atoms with Gasteiger partial charge >= 0.3 is 0 Å². The van der Waals surface area contributed by atoms with Gasteiger partial charge in [-0.25, -0.2) is 4.98 Å². The van der Waals surface area contributed by atoms with Crippen LogP contribution in [0.25, 0.3) is 10.2 Å². The van der Waals surface area contributed by atoms with Crippen molar-refractivity contribution in [3.05, 3.63) is 64.0 Å². The van der Waals surface area contributed by atoms with Gasteiger partial charge in [0.1, 0.15) is 5.01 Å². The topological polar surface area (TPSA) is 75.8 Å². The average molecular weight is 323 g/mol. The molecule has 0 radical (unpaired) electrons. The normalized spacial score (nSPS) is 12.0. The number of carbonyl (C=O) groups is 1. The Balaban J connectivity index is 1.78. The van der Waals surface area contributed by atoms with Crippen LogP contribution in [0.15, 0.2) is 53.5 Å². The number of Topliss-reactive ketones (excluding diaryl/α,β-unsaturated/α-hetero) is 1. The van der Waals surface area contributed by atoms with Crippen LogP contribution in [0, 0.1) is 11.3 Å². The van der Waals surface area contributed by atoms with E-state index in [1.54, 1.807) is 18.3 Å². The highest BCUT2D eigenvalue weighted by Crippen LogP contribution is 2.28. The predicted molar refractivity (Wildman–Crippen MR) is 88.3 cm³/mol. The molecule has 0 fully saturated rings. The lowest BCUT2D eigenvalue weighted by molar-refractivity contribution is -0.119. The van der Waals surface area contributed by atoms with Crippen LogP contribution < -0.4 is 5.56 Å². The van der Waals surface area contributed by atoms with E-state index in [0.29, 0.717) is 5.01 Å². The minimum atomic E-state index is -0.883. The molecule has 1 aromatic carbocycles. The number of carbonyl (C=O) groups excluding carboxylic acids is 1. The Morgan fingerprint density at radius 1 is 1.26 bits per heavy atom. The lowest BCUT2D eigenvalue weighted by Crippen LogP contribution is -2.21. The molecule has 6 heteroatoms.